The van der Waals surface area contributed by atoms with Gasteiger partial charge >= 0.3 is 0 Å². The van der Waals surface area contributed by atoms with E-state index in [9.17, 15) is 22.4 Å². The van der Waals surface area contributed by atoms with Crippen LogP contribution in [0.5, 0.6) is 11.6 Å². The van der Waals surface area contributed by atoms with Gasteiger partial charge in [-0.1, -0.05) is 0 Å². The molecule has 3 rings (SSSR count). The summed E-state index contributed by atoms with van der Waals surface area (Å²) < 4.78 is 59.1. The lowest BCUT2D eigenvalue weighted by molar-refractivity contribution is 0.102. The second-order valence-corrected chi connectivity index (χ2v) is 5.56. The molecule has 10 heteroatoms. The van der Waals surface area contributed by atoms with Gasteiger partial charge in [0.15, 0.2) is 29.0 Å². The van der Waals surface area contributed by atoms with Crippen molar-refractivity contribution in [2.45, 2.75) is 0 Å². The van der Waals surface area contributed by atoms with E-state index in [1.165, 1.54) is 30.5 Å². The number of pyridine rings is 1. The molecule has 0 atom stereocenters. The minimum atomic E-state index is -1.74. The number of carbonyl (C=O) groups excluding carboxylic acids is 1. The average molecular weight is 428 g/mol. The van der Waals surface area contributed by atoms with E-state index in [1.807, 2.05) is 0 Å². The van der Waals surface area contributed by atoms with Crippen molar-refractivity contribution >= 4 is 29.7 Å². The molecule has 1 aromatic heterocycles. The Morgan fingerprint density at radius 2 is 1.66 bits per heavy atom. The lowest BCUT2D eigenvalue weighted by atomic mass is 10.2. The van der Waals surface area contributed by atoms with E-state index in [4.69, 9.17) is 4.74 Å². The van der Waals surface area contributed by atoms with Crippen LogP contribution in [-0.4, -0.2) is 17.9 Å². The van der Waals surface area contributed by atoms with Crippen molar-refractivity contribution in [1.29, 1.82) is 0 Å². The Labute approximate surface area is 169 Å². The number of nitrogens with zero attached hydrogens (tertiary/aromatic N) is 1. The summed E-state index contributed by atoms with van der Waals surface area (Å²) >= 11 is 0. The van der Waals surface area contributed by atoms with Gasteiger partial charge in [-0.05, 0) is 30.3 Å². The zero-order valence-electron chi connectivity index (χ0n) is 14.8. The summed E-state index contributed by atoms with van der Waals surface area (Å²) in [6.07, 6.45) is 1.19. The molecule has 2 N–H and O–H groups in total. The molecule has 1 heterocycles. The third kappa shape index (κ3) is 4.94. The molecule has 0 saturated carbocycles. The van der Waals surface area contributed by atoms with E-state index < -0.39 is 34.7 Å². The Balaban J connectivity index is 0.00000300. The van der Waals surface area contributed by atoms with Crippen LogP contribution in [0.1, 0.15) is 10.4 Å². The molecule has 3 aromatic rings. The van der Waals surface area contributed by atoms with Gasteiger partial charge < -0.3 is 15.4 Å². The maximum Gasteiger partial charge on any atom is 0.258 e. The lowest BCUT2D eigenvalue weighted by Crippen LogP contribution is -2.15. The van der Waals surface area contributed by atoms with Gasteiger partial charge in [-0.25, -0.2) is 22.5 Å². The zero-order valence-corrected chi connectivity index (χ0v) is 15.6. The molecule has 1 amide bonds. The highest BCUT2D eigenvalue weighted by Crippen LogP contribution is 2.26. The van der Waals surface area contributed by atoms with Crippen LogP contribution in [0.25, 0.3) is 0 Å². The molecular weight excluding hydrogens is 414 g/mol. The van der Waals surface area contributed by atoms with Crippen LogP contribution in [0.4, 0.5) is 28.9 Å². The van der Waals surface area contributed by atoms with Crippen molar-refractivity contribution in [1.82, 2.24) is 4.98 Å². The van der Waals surface area contributed by atoms with Crippen LogP contribution >= 0.6 is 12.4 Å². The van der Waals surface area contributed by atoms with Gasteiger partial charge in [0, 0.05) is 24.9 Å². The molecule has 5 nitrogen and oxygen atoms in total. The van der Waals surface area contributed by atoms with Crippen LogP contribution in [0.2, 0.25) is 0 Å². The van der Waals surface area contributed by atoms with Crippen LogP contribution < -0.4 is 15.4 Å². The van der Waals surface area contributed by atoms with Crippen LogP contribution in [0, 0.1) is 23.3 Å². The summed E-state index contributed by atoms with van der Waals surface area (Å²) in [5.74, 6) is -6.31. The third-order valence-electron chi connectivity index (χ3n) is 3.71. The summed E-state index contributed by atoms with van der Waals surface area (Å²) in [5.41, 5.74) is 0.0544. The van der Waals surface area contributed by atoms with Crippen molar-refractivity contribution < 1.29 is 27.1 Å². The first-order valence-electron chi connectivity index (χ1n) is 7.95. The average Bonchev–Trinajstić information content (AvgIpc) is 2.69. The molecule has 0 aliphatic rings. The van der Waals surface area contributed by atoms with E-state index in [0.29, 0.717) is 11.8 Å². The van der Waals surface area contributed by atoms with Gasteiger partial charge in [-0.2, -0.15) is 0 Å². The molecule has 0 fully saturated rings. The number of rotatable bonds is 5. The number of carbonyl (C=O) groups is 1. The number of amides is 1. The Kier molecular flexibility index (Phi) is 7.00. The third-order valence-corrected chi connectivity index (χ3v) is 3.71. The Morgan fingerprint density at radius 3 is 2.28 bits per heavy atom. The van der Waals surface area contributed by atoms with E-state index in [2.05, 4.69) is 15.6 Å². The predicted octanol–water partition coefficient (Wildman–Crippen LogP) is 5.15. The first-order chi connectivity index (χ1) is 13.4. The van der Waals surface area contributed by atoms with Crippen LogP contribution in [0.3, 0.4) is 0 Å². The fourth-order valence-corrected chi connectivity index (χ4v) is 2.27. The monoisotopic (exact) mass is 427 g/mol. The molecule has 0 spiro atoms. The second-order valence-electron chi connectivity index (χ2n) is 5.56. The second kappa shape index (κ2) is 9.24. The van der Waals surface area contributed by atoms with Crippen molar-refractivity contribution in [3.8, 4) is 11.6 Å². The molecular formula is C19H14ClF4N3O2. The van der Waals surface area contributed by atoms with Gasteiger partial charge in [0.05, 0.1) is 17.4 Å². The number of halogens is 5. The van der Waals surface area contributed by atoms with Crippen molar-refractivity contribution in [3.63, 3.8) is 0 Å². The lowest BCUT2D eigenvalue weighted by Gasteiger charge is -2.09. The molecule has 152 valence electrons. The van der Waals surface area contributed by atoms with Crippen molar-refractivity contribution in [2.24, 2.45) is 0 Å². The highest BCUT2D eigenvalue weighted by molar-refractivity contribution is 6.04. The Hall–Kier alpha value is -3.33. The number of nitrogens with one attached hydrogen (secondary N) is 2. The highest BCUT2D eigenvalue weighted by atomic mass is 35.5. The quantitative estimate of drug-likeness (QED) is 0.437. The molecule has 0 saturated heterocycles. The normalized spacial score (nSPS) is 10.1. The van der Waals surface area contributed by atoms with Crippen molar-refractivity contribution in [3.05, 3.63) is 77.5 Å². The maximum absolute atomic E-state index is 13.9. The van der Waals surface area contributed by atoms with E-state index >= 15 is 0 Å². The number of hydrogen-bond donors (Lipinski definition) is 2. The fourth-order valence-electron chi connectivity index (χ4n) is 2.27. The number of benzene rings is 2. The van der Waals surface area contributed by atoms with E-state index in [0.717, 1.165) is 6.07 Å². The number of ether oxygens (including phenoxy) is 1. The number of anilines is 2. The first kappa shape index (κ1) is 22.0. The van der Waals surface area contributed by atoms with Gasteiger partial charge in [0.1, 0.15) is 0 Å². The molecule has 2 aromatic carbocycles. The molecule has 0 unspecified atom stereocenters. The Morgan fingerprint density at radius 1 is 0.931 bits per heavy atom. The summed E-state index contributed by atoms with van der Waals surface area (Å²) in [4.78, 5) is 15.9. The van der Waals surface area contributed by atoms with Gasteiger partial charge in [0.25, 0.3) is 5.91 Å². The zero-order chi connectivity index (χ0) is 20.3. The Bertz CT molecular complexity index is 1030. The van der Waals surface area contributed by atoms with E-state index in [-0.39, 0.29) is 29.7 Å². The minimum absolute atomic E-state index is 0. The standard InChI is InChI=1S/C19H13F4N3O2.ClH/c1-24-10-2-6-15(14(21)8-10)28-16-7-3-11(9-25-16)26-19(27)12-4-5-13(20)18(23)17(12)22;/h2-9,24H,1H3,(H,26,27);1H. The highest BCUT2D eigenvalue weighted by Gasteiger charge is 2.19. The first-order valence-corrected chi connectivity index (χ1v) is 7.95. The predicted molar refractivity (Wildman–Crippen MR) is 102 cm³/mol. The van der Waals surface area contributed by atoms with Crippen LogP contribution in [0.15, 0.2) is 48.7 Å². The van der Waals surface area contributed by atoms with Gasteiger partial charge in [-0.15, -0.1) is 12.4 Å². The molecule has 0 aliphatic carbocycles. The summed E-state index contributed by atoms with van der Waals surface area (Å²) in [5, 5.41) is 5.08. The maximum atomic E-state index is 13.9. The summed E-state index contributed by atoms with van der Waals surface area (Å²) in [6, 6.07) is 8.48. The van der Waals surface area contributed by atoms with E-state index in [1.54, 1.807) is 13.1 Å². The smallest absolute Gasteiger partial charge is 0.258 e. The summed E-state index contributed by atoms with van der Waals surface area (Å²) in [6.45, 7) is 0. The molecule has 0 radical (unpaired) electrons. The minimum Gasteiger partial charge on any atom is -0.436 e. The molecule has 0 aliphatic heterocycles. The van der Waals surface area contributed by atoms with Gasteiger partial charge in [-0.3, -0.25) is 4.79 Å². The SMILES string of the molecule is CNc1ccc(Oc2ccc(NC(=O)c3ccc(F)c(F)c3F)cn2)c(F)c1.Cl. The number of hydrogen-bond acceptors (Lipinski definition) is 4. The molecule has 0 bridgehead atoms. The fraction of sp³-hybridized carbons (Fsp3) is 0.0526. The summed E-state index contributed by atoms with van der Waals surface area (Å²) in [7, 11) is 1.65. The van der Waals surface area contributed by atoms with Gasteiger partial charge in [0.2, 0.25) is 5.88 Å². The topological polar surface area (TPSA) is 63.2 Å². The van der Waals surface area contributed by atoms with Crippen molar-refractivity contribution in [2.75, 3.05) is 17.7 Å². The number of aromatic nitrogens is 1. The largest absolute Gasteiger partial charge is 0.436 e. The van der Waals surface area contributed by atoms with Crippen LogP contribution in [-0.2, 0) is 0 Å². The molecule has 29 heavy (non-hydrogen) atoms.